The van der Waals surface area contributed by atoms with Crippen LogP contribution in [-0.4, -0.2) is 41.0 Å². The van der Waals surface area contributed by atoms with Gasteiger partial charge < -0.3 is 19.3 Å². The van der Waals surface area contributed by atoms with Crippen LogP contribution >= 0.6 is 7.82 Å². The summed E-state index contributed by atoms with van der Waals surface area (Å²) in [5.74, 6) is -0.866. The lowest BCUT2D eigenvalue weighted by molar-refractivity contribution is -0.161. The van der Waals surface area contributed by atoms with E-state index in [4.69, 9.17) is 19.3 Å². The molecule has 0 spiro atoms. The summed E-state index contributed by atoms with van der Waals surface area (Å²) in [4.78, 5) is 42.9. The summed E-state index contributed by atoms with van der Waals surface area (Å²) in [7, 11) is -4.75. The summed E-state index contributed by atoms with van der Waals surface area (Å²) in [6, 6.07) is 0. The molecule has 8 nitrogen and oxygen atoms in total. The van der Waals surface area contributed by atoms with Crippen molar-refractivity contribution in [2.45, 2.75) is 251 Å². The van der Waals surface area contributed by atoms with Gasteiger partial charge in [-0.2, -0.15) is 0 Å². The third-order valence-electron chi connectivity index (χ3n) is 10.1. The van der Waals surface area contributed by atoms with Gasteiger partial charge in [0.05, 0.1) is 6.61 Å². The van der Waals surface area contributed by atoms with Crippen molar-refractivity contribution in [3.05, 3.63) is 0 Å². The molecule has 0 heterocycles. The molecule has 0 aromatic heterocycles. The highest BCUT2D eigenvalue weighted by molar-refractivity contribution is 7.46. The molecule has 0 fully saturated rings. The van der Waals surface area contributed by atoms with Crippen LogP contribution in [-0.2, 0) is 28.2 Å². The van der Waals surface area contributed by atoms with Crippen molar-refractivity contribution in [3.8, 4) is 0 Å². The van der Waals surface area contributed by atoms with Gasteiger partial charge in [-0.25, -0.2) is 4.57 Å². The Bertz CT molecular complexity index is 817. The average Bonchev–Trinajstić information content (AvgIpc) is 3.11. The zero-order valence-corrected chi connectivity index (χ0v) is 35.1. The van der Waals surface area contributed by atoms with Crippen LogP contribution in [0.1, 0.15) is 245 Å². The molecule has 2 N–H and O–H groups in total. The lowest BCUT2D eigenvalue weighted by Gasteiger charge is -2.18. The molecule has 0 aromatic rings. The Hall–Kier alpha value is -0.950. The molecule has 0 radical (unpaired) electrons. The van der Waals surface area contributed by atoms with Crippen molar-refractivity contribution in [1.29, 1.82) is 0 Å². The summed E-state index contributed by atoms with van der Waals surface area (Å²) in [6.07, 6.45) is 42.6. The minimum Gasteiger partial charge on any atom is -0.462 e. The molecule has 0 rings (SSSR count). The fraction of sp³-hybridized carbons (Fsp3) is 0.953. The predicted molar refractivity (Wildman–Crippen MR) is 216 cm³/mol. The Morgan fingerprint density at radius 1 is 0.423 bits per heavy atom. The van der Waals surface area contributed by atoms with E-state index in [1.54, 1.807) is 0 Å². The average molecular weight is 761 g/mol. The van der Waals surface area contributed by atoms with E-state index in [1.807, 2.05) is 0 Å². The van der Waals surface area contributed by atoms with E-state index >= 15 is 0 Å². The third kappa shape index (κ3) is 41.8. The van der Waals surface area contributed by atoms with Crippen molar-refractivity contribution in [2.75, 3.05) is 13.2 Å². The van der Waals surface area contributed by atoms with Crippen LogP contribution in [0.4, 0.5) is 0 Å². The summed E-state index contributed by atoms with van der Waals surface area (Å²) in [5.41, 5.74) is 0. The molecule has 0 bridgehead atoms. The smallest absolute Gasteiger partial charge is 0.462 e. The number of carbonyl (C=O) groups excluding carboxylic acids is 2. The molecule has 52 heavy (non-hydrogen) atoms. The topological polar surface area (TPSA) is 119 Å². The van der Waals surface area contributed by atoms with E-state index in [0.717, 1.165) is 32.1 Å². The molecule has 310 valence electrons. The first-order valence-electron chi connectivity index (χ1n) is 22.3. The van der Waals surface area contributed by atoms with E-state index in [9.17, 15) is 14.2 Å². The normalized spacial score (nSPS) is 12.3. The van der Waals surface area contributed by atoms with Crippen molar-refractivity contribution >= 4 is 19.8 Å². The van der Waals surface area contributed by atoms with E-state index in [-0.39, 0.29) is 19.4 Å². The van der Waals surface area contributed by atoms with Gasteiger partial charge in [0.25, 0.3) is 0 Å². The Kier molecular flexibility index (Phi) is 39.0. The van der Waals surface area contributed by atoms with E-state index in [0.29, 0.717) is 6.42 Å². The SMILES string of the molecule is CCCCCCCCCCCCCCCCCCCCCCCC(=O)O[C@H](COC(=O)CCCCCCCCCCCCCCC)COP(=O)(O)O. The molecule has 0 aliphatic heterocycles. The van der Waals surface area contributed by atoms with Gasteiger partial charge in [-0.15, -0.1) is 0 Å². The number of phosphoric ester groups is 1. The molecule has 0 saturated carbocycles. The second kappa shape index (κ2) is 39.7. The molecule has 1 atom stereocenters. The number of unbranched alkanes of at least 4 members (excludes halogenated alkanes) is 32. The number of phosphoric acid groups is 1. The predicted octanol–water partition coefficient (Wildman–Crippen LogP) is 13.6. The van der Waals surface area contributed by atoms with Gasteiger partial charge in [-0.05, 0) is 12.8 Å². The van der Waals surface area contributed by atoms with Gasteiger partial charge in [0, 0.05) is 12.8 Å². The fourth-order valence-corrected chi connectivity index (χ4v) is 7.15. The van der Waals surface area contributed by atoms with Crippen LogP contribution in [0, 0.1) is 0 Å². The molecule has 0 amide bonds. The summed E-state index contributed by atoms with van der Waals surface area (Å²) < 4.78 is 26.4. The van der Waals surface area contributed by atoms with Crippen molar-refractivity contribution in [2.24, 2.45) is 0 Å². The van der Waals surface area contributed by atoms with Gasteiger partial charge in [0.1, 0.15) is 6.61 Å². The van der Waals surface area contributed by atoms with Gasteiger partial charge in [0.2, 0.25) is 0 Å². The van der Waals surface area contributed by atoms with E-state index in [2.05, 4.69) is 18.4 Å². The largest absolute Gasteiger partial charge is 0.469 e. The molecule has 0 aromatic carbocycles. The third-order valence-corrected chi connectivity index (χ3v) is 10.6. The van der Waals surface area contributed by atoms with Crippen molar-refractivity contribution in [3.63, 3.8) is 0 Å². The summed E-state index contributed by atoms with van der Waals surface area (Å²) in [5, 5.41) is 0. The number of rotatable bonds is 42. The number of hydrogen-bond acceptors (Lipinski definition) is 6. The lowest BCUT2D eigenvalue weighted by Crippen LogP contribution is -2.29. The van der Waals surface area contributed by atoms with E-state index in [1.165, 1.54) is 180 Å². The minimum atomic E-state index is -4.75. The standard InChI is InChI=1S/C43H85O8P/c1-3-5-7-9-11-13-15-17-18-19-20-21-22-23-24-26-28-30-32-34-36-38-43(45)51-41(40-50-52(46,47)48)39-49-42(44)37-35-33-31-29-27-25-16-14-12-10-8-6-4-2/h41H,3-40H2,1-2H3,(H2,46,47,48)/t41-/m1/s1. The molecule has 9 heteroatoms. The summed E-state index contributed by atoms with van der Waals surface area (Å²) >= 11 is 0. The highest BCUT2D eigenvalue weighted by Crippen LogP contribution is 2.36. The molecule has 0 saturated heterocycles. The molecule has 0 unspecified atom stereocenters. The quantitative estimate of drug-likeness (QED) is 0.0358. The van der Waals surface area contributed by atoms with Gasteiger partial charge in [0.15, 0.2) is 6.10 Å². The molecular weight excluding hydrogens is 675 g/mol. The zero-order valence-electron chi connectivity index (χ0n) is 34.2. The highest BCUT2D eigenvalue weighted by Gasteiger charge is 2.23. The first-order chi connectivity index (χ1) is 25.3. The number of ether oxygens (including phenoxy) is 2. The van der Waals surface area contributed by atoms with Crippen LogP contribution in [0.25, 0.3) is 0 Å². The first kappa shape index (κ1) is 51.0. The van der Waals surface area contributed by atoms with Crippen LogP contribution < -0.4 is 0 Å². The highest BCUT2D eigenvalue weighted by atomic mass is 31.2. The van der Waals surface area contributed by atoms with Gasteiger partial charge >= 0.3 is 19.8 Å². The number of carbonyl (C=O) groups is 2. The van der Waals surface area contributed by atoms with Crippen LogP contribution in [0.15, 0.2) is 0 Å². The Morgan fingerprint density at radius 3 is 0.981 bits per heavy atom. The molecule has 0 aliphatic rings. The van der Waals surface area contributed by atoms with Crippen molar-refractivity contribution in [1.82, 2.24) is 0 Å². The Labute approximate surface area is 321 Å². The van der Waals surface area contributed by atoms with Crippen LogP contribution in [0.2, 0.25) is 0 Å². The number of hydrogen-bond donors (Lipinski definition) is 2. The maximum atomic E-state index is 12.4. The van der Waals surface area contributed by atoms with Gasteiger partial charge in [-0.3, -0.25) is 14.1 Å². The number of esters is 2. The monoisotopic (exact) mass is 761 g/mol. The Balaban J connectivity index is 3.80. The Morgan fingerprint density at radius 2 is 0.692 bits per heavy atom. The van der Waals surface area contributed by atoms with Crippen LogP contribution in [0.5, 0.6) is 0 Å². The summed E-state index contributed by atoms with van der Waals surface area (Å²) in [6.45, 7) is 3.72. The maximum Gasteiger partial charge on any atom is 0.469 e. The second-order valence-corrected chi connectivity index (χ2v) is 16.6. The van der Waals surface area contributed by atoms with E-state index < -0.39 is 32.5 Å². The molecule has 0 aliphatic carbocycles. The fourth-order valence-electron chi connectivity index (χ4n) is 6.79. The first-order valence-corrected chi connectivity index (χ1v) is 23.9. The second-order valence-electron chi connectivity index (χ2n) is 15.4. The van der Waals surface area contributed by atoms with Crippen LogP contribution in [0.3, 0.4) is 0 Å². The zero-order chi connectivity index (χ0) is 38.2. The maximum absolute atomic E-state index is 12.4. The van der Waals surface area contributed by atoms with Crippen molar-refractivity contribution < 1.29 is 37.9 Å². The minimum absolute atomic E-state index is 0.221. The molecular formula is C43H85O8P. The lowest BCUT2D eigenvalue weighted by atomic mass is 10.0. The van der Waals surface area contributed by atoms with Gasteiger partial charge in [-0.1, -0.05) is 219 Å².